The van der Waals surface area contributed by atoms with Crippen molar-refractivity contribution in [1.82, 2.24) is 9.47 Å². The van der Waals surface area contributed by atoms with Gasteiger partial charge in [-0.1, -0.05) is 36.4 Å². The van der Waals surface area contributed by atoms with Crippen LogP contribution in [0.25, 0.3) is 11.1 Å². The highest BCUT2D eigenvalue weighted by Gasteiger charge is 2.27. The molecule has 42 heavy (non-hydrogen) atoms. The molecule has 222 valence electrons. The Morgan fingerprint density at radius 1 is 1.05 bits per heavy atom. The molecule has 1 aliphatic heterocycles. The van der Waals surface area contributed by atoms with E-state index in [1.807, 2.05) is 51.1 Å². The van der Waals surface area contributed by atoms with Gasteiger partial charge >= 0.3 is 21.8 Å². The topological polar surface area (TPSA) is 171 Å². The third-order valence-corrected chi connectivity index (χ3v) is 7.77. The molecule has 0 spiro atoms. The van der Waals surface area contributed by atoms with Crippen LogP contribution >= 0.6 is 0 Å². The van der Waals surface area contributed by atoms with E-state index in [9.17, 15) is 28.2 Å². The number of aliphatic hydroxyl groups excluding tert-OH is 2. The first kappa shape index (κ1) is 29.0. The van der Waals surface area contributed by atoms with Crippen LogP contribution in [-0.4, -0.2) is 47.4 Å². The first-order valence-corrected chi connectivity index (χ1v) is 14.3. The SMILES string of the molecule is Cc1c(C)c(OC[C@H](O)CO)c(-c2ccccc2)c(C)c1CNc1ccc2c(c1)OS(=O)(=O)On1c(=O)on(c1=O)C2. The molecular formula is C28H29N3O10S. The zero-order valence-electron chi connectivity index (χ0n) is 23.0. The maximum absolute atomic E-state index is 12.4. The Balaban J connectivity index is 1.49. The van der Waals surface area contributed by atoms with E-state index in [2.05, 4.69) is 9.60 Å². The minimum Gasteiger partial charge on any atom is -0.490 e. The van der Waals surface area contributed by atoms with Gasteiger partial charge in [0, 0.05) is 29.4 Å². The molecule has 1 aromatic heterocycles. The van der Waals surface area contributed by atoms with Crippen LogP contribution in [0.2, 0.25) is 0 Å². The first-order chi connectivity index (χ1) is 20.0. The molecule has 14 heteroatoms. The molecule has 2 bridgehead atoms. The molecule has 1 aliphatic rings. The lowest BCUT2D eigenvalue weighted by Crippen LogP contribution is -2.38. The molecule has 0 unspecified atom stereocenters. The van der Waals surface area contributed by atoms with E-state index in [0.29, 0.717) is 22.7 Å². The fourth-order valence-corrected chi connectivity index (χ4v) is 5.48. The van der Waals surface area contributed by atoms with E-state index in [1.54, 1.807) is 12.1 Å². The van der Waals surface area contributed by atoms with Gasteiger partial charge in [-0.2, -0.15) is 0 Å². The summed E-state index contributed by atoms with van der Waals surface area (Å²) in [5.74, 6) is -0.803. The van der Waals surface area contributed by atoms with Crippen LogP contribution in [0.5, 0.6) is 11.5 Å². The molecule has 5 rings (SSSR count). The Kier molecular flexibility index (Phi) is 7.86. The molecule has 0 radical (unpaired) electrons. The number of ether oxygens (including phenoxy) is 1. The monoisotopic (exact) mass is 599 g/mol. The van der Waals surface area contributed by atoms with Crippen molar-refractivity contribution in [3.8, 4) is 22.6 Å². The van der Waals surface area contributed by atoms with E-state index in [0.717, 1.165) is 33.4 Å². The molecule has 4 aromatic rings. The standard InChI is InChI=1S/C28H29N3O10S/c1-16-17(2)26(38-15-22(33)14-32)25(19-7-5-4-6-8-19)18(3)23(16)12-29-21-10-9-20-13-30-27(34)31(28(35)39-30)41-42(36,37)40-24(20)11-21/h4-11,22,29,32-33H,12-15H2,1-3H3/t22-/m1/s1. The zero-order chi connectivity index (χ0) is 30.2. The minimum atomic E-state index is -4.83. The molecule has 0 amide bonds. The van der Waals surface area contributed by atoms with Crippen LogP contribution in [0, 0.1) is 20.8 Å². The third-order valence-electron chi connectivity index (χ3n) is 7.05. The second kappa shape index (κ2) is 11.4. The Bertz CT molecular complexity index is 1860. The van der Waals surface area contributed by atoms with Crippen molar-refractivity contribution in [3.63, 3.8) is 0 Å². The molecular weight excluding hydrogens is 570 g/mol. The van der Waals surface area contributed by atoms with Crippen LogP contribution < -0.4 is 30.0 Å². The minimum absolute atomic E-state index is 0.0313. The summed E-state index contributed by atoms with van der Waals surface area (Å²) in [6, 6.07) is 14.3. The normalized spacial score (nSPS) is 14.4. The smallest absolute Gasteiger partial charge is 0.490 e. The van der Waals surface area contributed by atoms with E-state index in [-0.39, 0.29) is 29.2 Å². The third kappa shape index (κ3) is 5.64. The van der Waals surface area contributed by atoms with Gasteiger partial charge in [-0.15, -0.1) is 13.2 Å². The van der Waals surface area contributed by atoms with Crippen LogP contribution in [-0.2, 0) is 23.5 Å². The van der Waals surface area contributed by atoms with Gasteiger partial charge in [0.25, 0.3) is 0 Å². The van der Waals surface area contributed by atoms with Crippen LogP contribution in [0.15, 0.2) is 62.6 Å². The fourth-order valence-electron chi connectivity index (χ4n) is 4.76. The van der Waals surface area contributed by atoms with Crippen molar-refractivity contribution >= 4 is 16.1 Å². The van der Waals surface area contributed by atoms with Crippen molar-refractivity contribution in [2.45, 2.75) is 40.0 Å². The van der Waals surface area contributed by atoms with Crippen LogP contribution in [0.3, 0.4) is 0 Å². The number of benzene rings is 3. The second-order valence-corrected chi connectivity index (χ2v) is 10.9. The summed E-state index contributed by atoms with van der Waals surface area (Å²) in [6.07, 6.45) is -1.03. The lowest BCUT2D eigenvalue weighted by atomic mass is 9.88. The Morgan fingerprint density at radius 3 is 2.50 bits per heavy atom. The Morgan fingerprint density at radius 2 is 1.79 bits per heavy atom. The molecule has 1 atom stereocenters. The summed E-state index contributed by atoms with van der Waals surface area (Å²) in [6.45, 7) is 5.43. The highest BCUT2D eigenvalue weighted by molar-refractivity contribution is 7.82. The van der Waals surface area contributed by atoms with Crippen molar-refractivity contribution < 1.29 is 36.4 Å². The number of nitrogens with zero attached hydrogens (tertiary/aromatic N) is 2. The molecule has 0 fully saturated rings. The van der Waals surface area contributed by atoms with Gasteiger partial charge in [-0.3, -0.25) is 0 Å². The average molecular weight is 600 g/mol. The summed E-state index contributed by atoms with van der Waals surface area (Å²) in [5, 5.41) is 22.5. The van der Waals surface area contributed by atoms with E-state index in [1.165, 1.54) is 6.07 Å². The lowest BCUT2D eigenvalue weighted by Gasteiger charge is -2.24. The summed E-state index contributed by atoms with van der Waals surface area (Å²) in [4.78, 5) is 24.1. The van der Waals surface area contributed by atoms with Gasteiger partial charge in [-0.05, 0) is 59.4 Å². The molecule has 13 nitrogen and oxygen atoms in total. The number of aliphatic hydroxyl groups is 2. The molecule has 3 aromatic carbocycles. The largest absolute Gasteiger partial charge is 0.520 e. The number of rotatable bonds is 8. The number of hydrogen-bond donors (Lipinski definition) is 3. The number of aromatic nitrogens is 2. The van der Waals surface area contributed by atoms with Crippen LogP contribution in [0.1, 0.15) is 27.8 Å². The molecule has 2 heterocycles. The Labute approximate surface area is 240 Å². The van der Waals surface area contributed by atoms with Crippen molar-refractivity contribution in [1.29, 1.82) is 0 Å². The number of anilines is 1. The molecule has 0 saturated carbocycles. The van der Waals surface area contributed by atoms with Gasteiger partial charge in [0.2, 0.25) is 0 Å². The van der Waals surface area contributed by atoms with Gasteiger partial charge < -0.3 is 29.0 Å². The highest BCUT2D eigenvalue weighted by Crippen LogP contribution is 2.41. The maximum atomic E-state index is 12.4. The lowest BCUT2D eigenvalue weighted by molar-refractivity contribution is 0.0535. The zero-order valence-corrected chi connectivity index (χ0v) is 23.8. The van der Waals surface area contributed by atoms with Gasteiger partial charge in [0.1, 0.15) is 18.5 Å². The first-order valence-electron chi connectivity index (χ1n) is 12.9. The van der Waals surface area contributed by atoms with Crippen molar-refractivity contribution in [2.75, 3.05) is 18.5 Å². The quantitative estimate of drug-likeness (QED) is 0.269. The predicted molar refractivity (Wildman–Crippen MR) is 151 cm³/mol. The fraction of sp³-hybridized carbons (Fsp3) is 0.286. The maximum Gasteiger partial charge on any atom is 0.520 e. The van der Waals surface area contributed by atoms with Crippen molar-refractivity contribution in [2.24, 2.45) is 0 Å². The molecule has 0 aliphatic carbocycles. The Hall–Kier alpha value is -4.53. The van der Waals surface area contributed by atoms with Gasteiger partial charge in [0.15, 0.2) is 5.75 Å². The average Bonchev–Trinajstić information content (AvgIpc) is 3.23. The predicted octanol–water partition coefficient (Wildman–Crippen LogP) is 1.65. The second-order valence-electron chi connectivity index (χ2n) is 9.78. The summed E-state index contributed by atoms with van der Waals surface area (Å²) < 4.78 is 45.9. The number of nitrogens with one attached hydrogen (secondary N) is 1. The number of hydrogen-bond acceptors (Lipinski definition) is 11. The summed E-state index contributed by atoms with van der Waals surface area (Å²) in [5.41, 5.74) is 5.14. The highest BCUT2D eigenvalue weighted by atomic mass is 32.3. The summed E-state index contributed by atoms with van der Waals surface area (Å²) in [7, 11) is -4.83. The molecule has 3 N–H and O–H groups in total. The van der Waals surface area contributed by atoms with Crippen LogP contribution in [0.4, 0.5) is 5.69 Å². The van der Waals surface area contributed by atoms with E-state index < -0.39 is 34.6 Å². The van der Waals surface area contributed by atoms with Gasteiger partial charge in [-0.25, -0.2) is 13.9 Å². The van der Waals surface area contributed by atoms with E-state index >= 15 is 0 Å². The summed E-state index contributed by atoms with van der Waals surface area (Å²) >= 11 is 0. The molecule has 0 saturated heterocycles. The van der Waals surface area contributed by atoms with Gasteiger partial charge in [0.05, 0.1) is 13.2 Å². The van der Waals surface area contributed by atoms with E-state index in [4.69, 9.17) is 13.4 Å². The van der Waals surface area contributed by atoms with Crippen molar-refractivity contribution in [3.05, 3.63) is 97.4 Å². The number of fused-ring (bicyclic) bond motifs is 3.